The van der Waals surface area contributed by atoms with E-state index in [9.17, 15) is 15.0 Å². The first-order chi connectivity index (χ1) is 8.78. The van der Waals surface area contributed by atoms with Gasteiger partial charge in [0.15, 0.2) is 0 Å². The number of ether oxygens (including phenoxy) is 1. The zero-order valence-corrected chi connectivity index (χ0v) is 11.8. The Bertz CT molecular complexity index is 465. The Labute approximate surface area is 113 Å². The first kappa shape index (κ1) is 13.1. The third kappa shape index (κ3) is 1.56. The number of carbonyl (C=O) groups is 1. The summed E-state index contributed by atoms with van der Waals surface area (Å²) in [6.45, 7) is 6.65. The molecule has 19 heavy (non-hydrogen) atoms. The van der Waals surface area contributed by atoms with E-state index in [-0.39, 0.29) is 17.9 Å². The lowest BCUT2D eigenvalue weighted by molar-refractivity contribution is -0.137. The van der Waals surface area contributed by atoms with Gasteiger partial charge in [-0.2, -0.15) is 0 Å². The maximum Gasteiger partial charge on any atom is 0.337 e. The second-order valence-electron chi connectivity index (χ2n) is 7.10. The fourth-order valence-electron chi connectivity index (χ4n) is 4.54. The number of rotatable bonds is 0. The smallest absolute Gasteiger partial charge is 0.337 e. The highest BCUT2D eigenvalue weighted by atomic mass is 16.5. The van der Waals surface area contributed by atoms with E-state index in [0.29, 0.717) is 12.0 Å². The molecule has 0 aromatic rings. The standard InChI is InChI=1S/C15H22O4/c1-14(2)5-4-11(17)15(3)8-7-19-13(18)12(8)9(16)6-10(14)15/h9-11,16-17H,4-7H2,1-3H3/t9-,10+,11+,15-/m1/s1. The molecule has 0 amide bonds. The van der Waals surface area contributed by atoms with Crippen molar-refractivity contribution in [1.29, 1.82) is 0 Å². The molecule has 4 heteroatoms. The Morgan fingerprint density at radius 3 is 2.63 bits per heavy atom. The maximum absolute atomic E-state index is 11.8. The van der Waals surface area contributed by atoms with Crippen LogP contribution in [0.15, 0.2) is 11.1 Å². The van der Waals surface area contributed by atoms with Crippen LogP contribution in [0.3, 0.4) is 0 Å². The molecule has 0 radical (unpaired) electrons. The lowest BCUT2D eigenvalue weighted by Crippen LogP contribution is -2.55. The molecule has 2 aliphatic carbocycles. The predicted molar refractivity (Wildman–Crippen MR) is 69.2 cm³/mol. The molecule has 1 fully saturated rings. The fourth-order valence-corrected chi connectivity index (χ4v) is 4.54. The van der Waals surface area contributed by atoms with E-state index in [4.69, 9.17) is 4.74 Å². The number of cyclic esters (lactones) is 1. The predicted octanol–water partition coefficient (Wildman–Crippen LogP) is 1.41. The number of fused-ring (bicyclic) bond motifs is 2. The van der Waals surface area contributed by atoms with Gasteiger partial charge in [-0.15, -0.1) is 0 Å². The van der Waals surface area contributed by atoms with Gasteiger partial charge in [0.2, 0.25) is 0 Å². The van der Waals surface area contributed by atoms with Crippen LogP contribution in [0.2, 0.25) is 0 Å². The molecule has 4 atom stereocenters. The lowest BCUT2D eigenvalue weighted by Gasteiger charge is -2.56. The average molecular weight is 266 g/mol. The summed E-state index contributed by atoms with van der Waals surface area (Å²) in [4.78, 5) is 11.8. The van der Waals surface area contributed by atoms with Crippen molar-refractivity contribution in [1.82, 2.24) is 0 Å². The van der Waals surface area contributed by atoms with Crippen LogP contribution in [-0.2, 0) is 9.53 Å². The van der Waals surface area contributed by atoms with Crippen LogP contribution in [-0.4, -0.2) is 35.0 Å². The Balaban J connectivity index is 2.16. The van der Waals surface area contributed by atoms with Gasteiger partial charge >= 0.3 is 5.97 Å². The molecule has 106 valence electrons. The summed E-state index contributed by atoms with van der Waals surface area (Å²) < 4.78 is 5.12. The van der Waals surface area contributed by atoms with Crippen molar-refractivity contribution < 1.29 is 19.7 Å². The second-order valence-corrected chi connectivity index (χ2v) is 7.10. The first-order valence-electron chi connectivity index (χ1n) is 7.05. The largest absolute Gasteiger partial charge is 0.458 e. The number of aliphatic hydroxyl groups excluding tert-OH is 2. The summed E-state index contributed by atoms with van der Waals surface area (Å²) >= 11 is 0. The highest BCUT2D eigenvalue weighted by molar-refractivity contribution is 5.93. The molecule has 0 saturated heterocycles. The van der Waals surface area contributed by atoms with Gasteiger partial charge in [0, 0.05) is 5.41 Å². The maximum atomic E-state index is 11.8. The summed E-state index contributed by atoms with van der Waals surface area (Å²) in [7, 11) is 0. The minimum atomic E-state index is -0.743. The number of hydrogen-bond donors (Lipinski definition) is 2. The van der Waals surface area contributed by atoms with E-state index in [0.717, 1.165) is 18.4 Å². The van der Waals surface area contributed by atoms with E-state index in [2.05, 4.69) is 13.8 Å². The number of esters is 1. The fraction of sp³-hybridized carbons (Fsp3) is 0.800. The van der Waals surface area contributed by atoms with Crippen molar-refractivity contribution in [3.63, 3.8) is 0 Å². The third-order valence-electron chi connectivity index (χ3n) is 5.76. The first-order valence-corrected chi connectivity index (χ1v) is 7.05. The van der Waals surface area contributed by atoms with Crippen molar-refractivity contribution in [3.8, 4) is 0 Å². The summed E-state index contributed by atoms with van der Waals surface area (Å²) in [5, 5.41) is 20.8. The zero-order chi connectivity index (χ0) is 14.0. The molecule has 0 aromatic carbocycles. The molecule has 0 unspecified atom stereocenters. The number of carbonyl (C=O) groups excluding carboxylic acids is 1. The van der Waals surface area contributed by atoms with Gasteiger partial charge in [-0.1, -0.05) is 20.8 Å². The van der Waals surface area contributed by atoms with Gasteiger partial charge in [0.05, 0.1) is 17.8 Å². The Morgan fingerprint density at radius 1 is 1.26 bits per heavy atom. The SMILES string of the molecule is CC1(C)CC[C@H](O)[C@]2(C)C3=C(C(=O)OC3)[C@H](O)C[C@@H]12. The van der Waals surface area contributed by atoms with E-state index in [1.165, 1.54) is 0 Å². The lowest BCUT2D eigenvalue weighted by atomic mass is 9.49. The molecule has 0 spiro atoms. The van der Waals surface area contributed by atoms with Gasteiger partial charge in [-0.25, -0.2) is 4.79 Å². The van der Waals surface area contributed by atoms with Crippen LogP contribution in [0.1, 0.15) is 40.0 Å². The second kappa shape index (κ2) is 3.83. The minimum absolute atomic E-state index is 0.0547. The molecular formula is C15H22O4. The third-order valence-corrected chi connectivity index (χ3v) is 5.76. The highest BCUT2D eigenvalue weighted by Crippen LogP contribution is 2.60. The van der Waals surface area contributed by atoms with Gasteiger partial charge in [0.1, 0.15) is 6.61 Å². The Morgan fingerprint density at radius 2 is 1.95 bits per heavy atom. The van der Waals surface area contributed by atoms with Crippen LogP contribution in [0.5, 0.6) is 0 Å². The molecular weight excluding hydrogens is 244 g/mol. The molecule has 4 nitrogen and oxygen atoms in total. The van der Waals surface area contributed by atoms with Crippen LogP contribution in [0.25, 0.3) is 0 Å². The highest BCUT2D eigenvalue weighted by Gasteiger charge is 2.59. The van der Waals surface area contributed by atoms with Crippen molar-refractivity contribution >= 4 is 5.97 Å². The molecule has 0 aromatic heterocycles. The summed E-state index contributed by atoms with van der Waals surface area (Å²) in [6, 6.07) is 0. The Kier molecular flexibility index (Phi) is 2.64. The van der Waals surface area contributed by atoms with E-state index < -0.39 is 23.6 Å². The van der Waals surface area contributed by atoms with E-state index in [1.807, 2.05) is 6.92 Å². The molecule has 2 N–H and O–H groups in total. The Hall–Kier alpha value is -0.870. The van der Waals surface area contributed by atoms with Crippen LogP contribution in [0, 0.1) is 16.7 Å². The molecule has 3 rings (SSSR count). The van der Waals surface area contributed by atoms with E-state index >= 15 is 0 Å². The number of aliphatic hydroxyl groups is 2. The average Bonchev–Trinajstić information content (AvgIpc) is 2.72. The normalized spacial score (nSPS) is 44.7. The quantitative estimate of drug-likeness (QED) is 0.651. The van der Waals surface area contributed by atoms with Crippen LogP contribution < -0.4 is 0 Å². The minimum Gasteiger partial charge on any atom is -0.458 e. The van der Waals surface area contributed by atoms with Gasteiger partial charge in [-0.3, -0.25) is 0 Å². The molecule has 1 saturated carbocycles. The van der Waals surface area contributed by atoms with Crippen LogP contribution in [0.4, 0.5) is 0 Å². The summed E-state index contributed by atoms with van der Waals surface area (Å²) in [5.74, 6) is -0.232. The monoisotopic (exact) mass is 266 g/mol. The van der Waals surface area contributed by atoms with Gasteiger partial charge in [0.25, 0.3) is 0 Å². The van der Waals surface area contributed by atoms with Crippen molar-refractivity contribution in [3.05, 3.63) is 11.1 Å². The van der Waals surface area contributed by atoms with Crippen LogP contribution >= 0.6 is 0 Å². The molecule has 3 aliphatic rings. The van der Waals surface area contributed by atoms with E-state index in [1.54, 1.807) is 0 Å². The van der Waals surface area contributed by atoms with Crippen molar-refractivity contribution in [2.75, 3.05) is 6.61 Å². The van der Waals surface area contributed by atoms with Gasteiger partial charge < -0.3 is 14.9 Å². The summed E-state index contributed by atoms with van der Waals surface area (Å²) in [6.07, 6.45) is 1.01. The van der Waals surface area contributed by atoms with Gasteiger partial charge in [-0.05, 0) is 36.2 Å². The van der Waals surface area contributed by atoms with Crippen molar-refractivity contribution in [2.24, 2.45) is 16.7 Å². The molecule has 1 aliphatic heterocycles. The zero-order valence-electron chi connectivity index (χ0n) is 11.8. The summed E-state index contributed by atoms with van der Waals surface area (Å²) in [5.41, 5.74) is 0.860. The number of hydrogen-bond acceptors (Lipinski definition) is 4. The molecule has 0 bridgehead atoms. The topological polar surface area (TPSA) is 66.8 Å². The van der Waals surface area contributed by atoms with Crippen molar-refractivity contribution in [2.45, 2.75) is 52.2 Å². The molecule has 1 heterocycles.